The molecule has 1 heterocycles. The molecule has 0 radical (unpaired) electrons. The van der Waals surface area contributed by atoms with Gasteiger partial charge in [-0.1, -0.05) is 34.1 Å². The summed E-state index contributed by atoms with van der Waals surface area (Å²) in [4.78, 5) is 2.72. The van der Waals surface area contributed by atoms with E-state index in [0.717, 1.165) is 17.9 Å². The van der Waals surface area contributed by atoms with Gasteiger partial charge in [0.15, 0.2) is 0 Å². The molecule has 2 nitrogen and oxygen atoms in total. The maximum atomic E-state index is 3.49. The van der Waals surface area contributed by atoms with Gasteiger partial charge in [0, 0.05) is 18.6 Å². The average Bonchev–Trinajstić information content (AvgIpc) is 2.29. The van der Waals surface area contributed by atoms with E-state index in [9.17, 15) is 0 Å². The van der Waals surface area contributed by atoms with Gasteiger partial charge in [0.05, 0.1) is 0 Å². The standard InChI is InChI=1S/C16H34N2/c1-13(2)17-9-7-6-8-10-18-12-14(3)11-15(4)16(18)5/h13-17H,6-12H2,1-5H3. The van der Waals surface area contributed by atoms with Crippen molar-refractivity contribution in [3.8, 4) is 0 Å². The van der Waals surface area contributed by atoms with Crippen LogP contribution in [0.2, 0.25) is 0 Å². The van der Waals surface area contributed by atoms with E-state index in [-0.39, 0.29) is 0 Å². The van der Waals surface area contributed by atoms with Crippen molar-refractivity contribution >= 4 is 0 Å². The molecule has 0 aromatic heterocycles. The largest absolute Gasteiger partial charge is 0.315 e. The Hall–Kier alpha value is -0.0800. The fraction of sp³-hybridized carbons (Fsp3) is 1.00. The quantitative estimate of drug-likeness (QED) is 0.699. The molecule has 1 aliphatic heterocycles. The van der Waals surface area contributed by atoms with E-state index in [2.05, 4.69) is 44.8 Å². The van der Waals surface area contributed by atoms with E-state index in [1.807, 2.05) is 0 Å². The van der Waals surface area contributed by atoms with Gasteiger partial charge >= 0.3 is 0 Å². The summed E-state index contributed by atoms with van der Waals surface area (Å²) in [6, 6.07) is 1.42. The van der Waals surface area contributed by atoms with Crippen molar-refractivity contribution in [3.05, 3.63) is 0 Å². The number of hydrogen-bond donors (Lipinski definition) is 1. The van der Waals surface area contributed by atoms with Crippen LogP contribution >= 0.6 is 0 Å². The zero-order valence-electron chi connectivity index (χ0n) is 13.2. The summed E-state index contributed by atoms with van der Waals surface area (Å²) in [5.74, 6) is 1.76. The van der Waals surface area contributed by atoms with E-state index >= 15 is 0 Å². The first-order chi connectivity index (χ1) is 8.50. The van der Waals surface area contributed by atoms with Crippen molar-refractivity contribution < 1.29 is 0 Å². The highest BCUT2D eigenvalue weighted by Crippen LogP contribution is 2.26. The second kappa shape index (κ2) is 8.16. The fourth-order valence-electron chi connectivity index (χ4n) is 3.13. The first-order valence-electron chi connectivity index (χ1n) is 7.98. The molecule has 0 saturated carbocycles. The average molecular weight is 254 g/mol. The second-order valence-corrected chi connectivity index (χ2v) is 6.72. The van der Waals surface area contributed by atoms with E-state index in [1.165, 1.54) is 45.3 Å². The molecule has 0 aliphatic carbocycles. The van der Waals surface area contributed by atoms with Crippen molar-refractivity contribution in [2.75, 3.05) is 19.6 Å². The summed E-state index contributed by atoms with van der Waals surface area (Å²) in [5, 5.41) is 3.49. The molecular formula is C16H34N2. The Morgan fingerprint density at radius 1 is 1.11 bits per heavy atom. The molecule has 1 N–H and O–H groups in total. The van der Waals surface area contributed by atoms with E-state index in [0.29, 0.717) is 6.04 Å². The third kappa shape index (κ3) is 5.71. The van der Waals surface area contributed by atoms with E-state index < -0.39 is 0 Å². The number of piperidine rings is 1. The monoisotopic (exact) mass is 254 g/mol. The molecule has 18 heavy (non-hydrogen) atoms. The lowest BCUT2D eigenvalue weighted by molar-refractivity contribution is 0.0781. The summed E-state index contributed by atoms with van der Waals surface area (Å²) in [6.45, 7) is 15.5. The molecule has 0 aromatic carbocycles. The highest BCUT2D eigenvalue weighted by Gasteiger charge is 2.27. The Balaban J connectivity index is 2.10. The van der Waals surface area contributed by atoms with Gasteiger partial charge in [0.2, 0.25) is 0 Å². The number of hydrogen-bond acceptors (Lipinski definition) is 2. The summed E-state index contributed by atoms with van der Waals surface area (Å²) in [5.41, 5.74) is 0. The van der Waals surface area contributed by atoms with Crippen molar-refractivity contribution in [1.82, 2.24) is 10.2 Å². The number of nitrogens with one attached hydrogen (secondary N) is 1. The van der Waals surface area contributed by atoms with Gasteiger partial charge in [-0.25, -0.2) is 0 Å². The molecule has 0 spiro atoms. The number of rotatable bonds is 7. The summed E-state index contributed by atoms with van der Waals surface area (Å²) in [6.07, 6.45) is 5.47. The normalized spacial score (nSPS) is 30.0. The second-order valence-electron chi connectivity index (χ2n) is 6.72. The molecule has 1 aliphatic rings. The van der Waals surface area contributed by atoms with Crippen LogP contribution in [0.25, 0.3) is 0 Å². The van der Waals surface area contributed by atoms with Gasteiger partial charge in [-0.15, -0.1) is 0 Å². The van der Waals surface area contributed by atoms with Crippen molar-refractivity contribution in [3.63, 3.8) is 0 Å². The highest BCUT2D eigenvalue weighted by atomic mass is 15.2. The molecule has 2 heteroatoms. The first-order valence-corrected chi connectivity index (χ1v) is 7.98. The lowest BCUT2D eigenvalue weighted by atomic mass is 9.86. The van der Waals surface area contributed by atoms with Crippen LogP contribution in [-0.4, -0.2) is 36.6 Å². The Morgan fingerprint density at radius 3 is 2.50 bits per heavy atom. The number of nitrogens with zero attached hydrogens (tertiary/aromatic N) is 1. The molecule has 108 valence electrons. The minimum absolute atomic E-state index is 0.633. The minimum atomic E-state index is 0.633. The Morgan fingerprint density at radius 2 is 1.83 bits per heavy atom. The Kier molecular flexibility index (Phi) is 7.25. The third-order valence-corrected chi connectivity index (χ3v) is 4.39. The minimum Gasteiger partial charge on any atom is -0.315 e. The van der Waals surface area contributed by atoms with Gasteiger partial charge in [-0.2, -0.15) is 0 Å². The number of unbranched alkanes of at least 4 members (excludes halogenated alkanes) is 2. The van der Waals surface area contributed by atoms with Crippen LogP contribution < -0.4 is 5.32 Å². The Labute approximate surface area is 115 Å². The SMILES string of the molecule is CC1CC(C)C(C)N(CCCCCNC(C)C)C1. The van der Waals surface area contributed by atoms with Crippen LogP contribution in [-0.2, 0) is 0 Å². The fourth-order valence-corrected chi connectivity index (χ4v) is 3.13. The van der Waals surface area contributed by atoms with Crippen LogP contribution in [0.4, 0.5) is 0 Å². The molecule has 0 aromatic rings. The summed E-state index contributed by atoms with van der Waals surface area (Å²) in [7, 11) is 0. The topological polar surface area (TPSA) is 15.3 Å². The number of likely N-dealkylation sites (tertiary alicyclic amines) is 1. The van der Waals surface area contributed by atoms with Crippen molar-refractivity contribution in [1.29, 1.82) is 0 Å². The zero-order valence-corrected chi connectivity index (χ0v) is 13.2. The van der Waals surface area contributed by atoms with Gasteiger partial charge < -0.3 is 10.2 Å². The molecule has 0 bridgehead atoms. The highest BCUT2D eigenvalue weighted by molar-refractivity contribution is 4.81. The van der Waals surface area contributed by atoms with Crippen LogP contribution in [0.5, 0.6) is 0 Å². The molecule has 0 amide bonds. The van der Waals surface area contributed by atoms with Gasteiger partial charge in [-0.05, 0) is 51.1 Å². The maximum Gasteiger partial charge on any atom is 0.00927 e. The molecule has 1 rings (SSSR count). The molecule has 1 fully saturated rings. The summed E-state index contributed by atoms with van der Waals surface area (Å²) >= 11 is 0. The van der Waals surface area contributed by atoms with Gasteiger partial charge in [0.25, 0.3) is 0 Å². The van der Waals surface area contributed by atoms with E-state index in [4.69, 9.17) is 0 Å². The van der Waals surface area contributed by atoms with E-state index in [1.54, 1.807) is 0 Å². The van der Waals surface area contributed by atoms with Crippen LogP contribution in [0.15, 0.2) is 0 Å². The summed E-state index contributed by atoms with van der Waals surface area (Å²) < 4.78 is 0. The van der Waals surface area contributed by atoms with Crippen LogP contribution in [0.1, 0.15) is 60.3 Å². The van der Waals surface area contributed by atoms with Gasteiger partial charge in [0.1, 0.15) is 0 Å². The lowest BCUT2D eigenvalue weighted by Gasteiger charge is -2.41. The predicted molar refractivity (Wildman–Crippen MR) is 81.0 cm³/mol. The smallest absolute Gasteiger partial charge is 0.00927 e. The molecule has 3 atom stereocenters. The molecular weight excluding hydrogens is 220 g/mol. The molecule has 1 saturated heterocycles. The van der Waals surface area contributed by atoms with Crippen LogP contribution in [0, 0.1) is 11.8 Å². The van der Waals surface area contributed by atoms with Crippen LogP contribution in [0.3, 0.4) is 0 Å². The lowest BCUT2D eigenvalue weighted by Crippen LogP contribution is -2.46. The first kappa shape index (κ1) is 16.0. The maximum absolute atomic E-state index is 3.49. The van der Waals surface area contributed by atoms with Gasteiger partial charge in [-0.3, -0.25) is 0 Å². The van der Waals surface area contributed by atoms with Crippen molar-refractivity contribution in [2.24, 2.45) is 11.8 Å². The zero-order chi connectivity index (χ0) is 13.5. The Bertz CT molecular complexity index is 215. The third-order valence-electron chi connectivity index (χ3n) is 4.39. The van der Waals surface area contributed by atoms with Crippen molar-refractivity contribution in [2.45, 2.75) is 72.4 Å². The predicted octanol–water partition coefficient (Wildman–Crippen LogP) is 3.52. The molecule has 3 unspecified atom stereocenters.